The molecule has 0 radical (unpaired) electrons. The molecular formula is C27H24N4O5S. The standard InChI is InChI=1S/C27H24N4O5S/c1-27(2,3)24-20(28-16-36-24)14-22-26(33)29-21(25(32)30-22)13-17-15-31(23-12-8-7-11-19(17)23)37(34,35)18-9-5-4-6-10-18/h4-16H,1-3H3,(H,29,33)(H,30,32). The van der Waals surface area contributed by atoms with E-state index in [0.717, 1.165) is 0 Å². The zero-order valence-electron chi connectivity index (χ0n) is 20.3. The molecule has 0 aliphatic heterocycles. The van der Waals surface area contributed by atoms with Gasteiger partial charge in [0.2, 0.25) is 0 Å². The molecule has 10 heteroatoms. The summed E-state index contributed by atoms with van der Waals surface area (Å²) in [4.78, 5) is 35.3. The second kappa shape index (κ2) is 8.90. The number of H-pyrrole nitrogens is 2. The lowest BCUT2D eigenvalue weighted by molar-refractivity contribution is 0.407. The van der Waals surface area contributed by atoms with Crippen LogP contribution >= 0.6 is 0 Å². The van der Waals surface area contributed by atoms with Crippen molar-refractivity contribution in [2.24, 2.45) is 0 Å². The fraction of sp³-hybridized carbons (Fsp3) is 0.148. The van der Waals surface area contributed by atoms with Gasteiger partial charge in [-0.3, -0.25) is 9.59 Å². The Balaban J connectivity index is 1.67. The molecule has 5 aromatic rings. The van der Waals surface area contributed by atoms with Crippen molar-refractivity contribution in [2.75, 3.05) is 0 Å². The zero-order valence-corrected chi connectivity index (χ0v) is 21.2. The van der Waals surface area contributed by atoms with Crippen molar-refractivity contribution < 1.29 is 12.8 Å². The summed E-state index contributed by atoms with van der Waals surface area (Å²) in [6.07, 6.45) is 5.66. The first kappa shape index (κ1) is 24.3. The molecule has 0 atom stereocenters. The Hall–Kier alpha value is -4.44. The van der Waals surface area contributed by atoms with Gasteiger partial charge >= 0.3 is 0 Å². The van der Waals surface area contributed by atoms with Crippen LogP contribution in [0.15, 0.2) is 86.1 Å². The number of oxazole rings is 1. The summed E-state index contributed by atoms with van der Waals surface area (Å²) < 4.78 is 33.3. The smallest absolute Gasteiger partial charge is 0.272 e. The quantitative estimate of drug-likeness (QED) is 0.377. The number of benzene rings is 2. The van der Waals surface area contributed by atoms with Crippen molar-refractivity contribution in [2.45, 2.75) is 31.1 Å². The lowest BCUT2D eigenvalue weighted by Gasteiger charge is -2.14. The fourth-order valence-corrected chi connectivity index (χ4v) is 5.50. The Kier molecular flexibility index (Phi) is 5.83. The molecule has 2 aromatic carbocycles. The molecule has 3 heterocycles. The van der Waals surface area contributed by atoms with E-state index in [4.69, 9.17) is 4.42 Å². The van der Waals surface area contributed by atoms with Gasteiger partial charge in [0.1, 0.15) is 22.2 Å². The number of nitrogens with one attached hydrogen (secondary N) is 2. The minimum atomic E-state index is -3.89. The van der Waals surface area contributed by atoms with Crippen LogP contribution in [0.5, 0.6) is 0 Å². The molecule has 0 unspecified atom stereocenters. The summed E-state index contributed by atoms with van der Waals surface area (Å²) in [7, 11) is -3.89. The van der Waals surface area contributed by atoms with E-state index in [2.05, 4.69) is 15.0 Å². The SMILES string of the molecule is CC(C)(C)c1ocnc1C=c1[nH]c(=O)c(=Cc2cn(S(=O)(=O)c3ccccc3)c3ccccc23)[nH]c1=O. The first-order valence-corrected chi connectivity index (χ1v) is 12.9. The number of rotatable bonds is 4. The van der Waals surface area contributed by atoms with Gasteiger partial charge in [0.15, 0.2) is 6.39 Å². The van der Waals surface area contributed by atoms with Crippen LogP contribution in [0.3, 0.4) is 0 Å². The Morgan fingerprint density at radius 1 is 0.892 bits per heavy atom. The molecule has 0 aliphatic rings. The van der Waals surface area contributed by atoms with E-state index in [-0.39, 0.29) is 21.0 Å². The average molecular weight is 517 g/mol. The van der Waals surface area contributed by atoms with Crippen molar-refractivity contribution in [3.05, 3.63) is 116 Å². The molecule has 0 saturated carbocycles. The van der Waals surface area contributed by atoms with Crippen LogP contribution < -0.4 is 21.8 Å². The van der Waals surface area contributed by atoms with Crippen LogP contribution in [-0.4, -0.2) is 27.3 Å². The van der Waals surface area contributed by atoms with E-state index in [9.17, 15) is 18.0 Å². The number of para-hydroxylation sites is 1. The first-order chi connectivity index (χ1) is 17.6. The van der Waals surface area contributed by atoms with Crippen LogP contribution in [0, 0.1) is 0 Å². The van der Waals surface area contributed by atoms with Gasteiger partial charge in [-0.25, -0.2) is 17.4 Å². The number of aromatic amines is 2. The van der Waals surface area contributed by atoms with Crippen LogP contribution in [-0.2, 0) is 15.4 Å². The van der Waals surface area contributed by atoms with Crippen molar-refractivity contribution >= 4 is 33.1 Å². The van der Waals surface area contributed by atoms with E-state index < -0.39 is 21.1 Å². The van der Waals surface area contributed by atoms with E-state index in [1.54, 1.807) is 42.5 Å². The molecule has 9 nitrogen and oxygen atoms in total. The molecule has 37 heavy (non-hydrogen) atoms. The molecule has 0 aliphatic carbocycles. The van der Waals surface area contributed by atoms with Crippen LogP contribution in [0.2, 0.25) is 0 Å². The first-order valence-electron chi connectivity index (χ1n) is 11.5. The normalized spacial score (nSPS) is 13.5. The summed E-state index contributed by atoms with van der Waals surface area (Å²) in [5.41, 5.74) is -0.0814. The number of aromatic nitrogens is 4. The van der Waals surface area contributed by atoms with Crippen molar-refractivity contribution in [1.82, 2.24) is 18.9 Å². The highest BCUT2D eigenvalue weighted by Gasteiger charge is 2.22. The molecule has 5 rings (SSSR count). The van der Waals surface area contributed by atoms with Crippen LogP contribution in [0.4, 0.5) is 0 Å². The molecule has 2 N–H and O–H groups in total. The third-order valence-electron chi connectivity index (χ3n) is 5.85. The van der Waals surface area contributed by atoms with Gasteiger partial charge < -0.3 is 14.4 Å². The fourth-order valence-electron chi connectivity index (χ4n) is 4.10. The maximum atomic E-state index is 13.3. The minimum absolute atomic E-state index is 0.0154. The lowest BCUT2D eigenvalue weighted by atomic mass is 9.92. The summed E-state index contributed by atoms with van der Waals surface area (Å²) >= 11 is 0. The molecule has 3 aromatic heterocycles. The third kappa shape index (κ3) is 4.47. The highest BCUT2D eigenvalue weighted by molar-refractivity contribution is 7.90. The summed E-state index contributed by atoms with van der Waals surface area (Å²) in [6, 6.07) is 15.0. The average Bonchev–Trinajstić information content (AvgIpc) is 3.48. The van der Waals surface area contributed by atoms with E-state index in [1.807, 2.05) is 20.8 Å². The van der Waals surface area contributed by atoms with Gasteiger partial charge in [-0.1, -0.05) is 57.2 Å². The van der Waals surface area contributed by atoms with E-state index in [1.165, 1.54) is 40.8 Å². The Bertz CT molecular complexity index is 1970. The second-order valence-corrected chi connectivity index (χ2v) is 11.4. The Morgan fingerprint density at radius 2 is 1.51 bits per heavy atom. The third-order valence-corrected chi connectivity index (χ3v) is 7.54. The molecule has 188 valence electrons. The lowest BCUT2D eigenvalue weighted by Crippen LogP contribution is -2.46. The topological polar surface area (TPSA) is 131 Å². The molecule has 0 spiro atoms. The molecule has 0 amide bonds. The largest absolute Gasteiger partial charge is 0.447 e. The predicted molar refractivity (Wildman–Crippen MR) is 140 cm³/mol. The number of fused-ring (bicyclic) bond motifs is 1. The monoisotopic (exact) mass is 516 g/mol. The maximum Gasteiger partial charge on any atom is 0.272 e. The van der Waals surface area contributed by atoms with Gasteiger partial charge in [0.05, 0.1) is 10.4 Å². The Morgan fingerprint density at radius 3 is 2.19 bits per heavy atom. The number of nitrogens with zero attached hydrogens (tertiary/aromatic N) is 2. The molecular weight excluding hydrogens is 492 g/mol. The number of hydrogen-bond donors (Lipinski definition) is 2. The van der Waals surface area contributed by atoms with Gasteiger partial charge in [0, 0.05) is 22.6 Å². The number of hydrogen-bond acceptors (Lipinski definition) is 6. The van der Waals surface area contributed by atoms with Crippen LogP contribution in [0.25, 0.3) is 23.1 Å². The Labute approximate surface area is 211 Å². The maximum absolute atomic E-state index is 13.3. The van der Waals surface area contributed by atoms with Gasteiger partial charge in [-0.15, -0.1) is 0 Å². The highest BCUT2D eigenvalue weighted by atomic mass is 32.2. The van der Waals surface area contributed by atoms with Crippen molar-refractivity contribution in [1.29, 1.82) is 0 Å². The van der Waals surface area contributed by atoms with Gasteiger partial charge in [-0.05, 0) is 30.4 Å². The van der Waals surface area contributed by atoms with Crippen molar-refractivity contribution in [3.63, 3.8) is 0 Å². The molecule has 0 bridgehead atoms. The van der Waals surface area contributed by atoms with E-state index in [0.29, 0.717) is 27.9 Å². The summed E-state index contributed by atoms with van der Waals surface area (Å²) in [5.74, 6) is 0.579. The second-order valence-electron chi connectivity index (χ2n) is 9.56. The van der Waals surface area contributed by atoms with E-state index >= 15 is 0 Å². The minimum Gasteiger partial charge on any atom is -0.447 e. The highest BCUT2D eigenvalue weighted by Crippen LogP contribution is 2.27. The molecule has 0 saturated heterocycles. The summed E-state index contributed by atoms with van der Waals surface area (Å²) in [5, 5.41) is 0.615. The molecule has 0 fully saturated rings. The van der Waals surface area contributed by atoms with Gasteiger partial charge in [-0.2, -0.15) is 0 Å². The van der Waals surface area contributed by atoms with Gasteiger partial charge in [0.25, 0.3) is 21.1 Å². The van der Waals surface area contributed by atoms with Crippen LogP contribution in [0.1, 0.15) is 37.8 Å². The summed E-state index contributed by atoms with van der Waals surface area (Å²) in [6.45, 7) is 5.85. The predicted octanol–water partition coefficient (Wildman–Crippen LogP) is 2.20. The van der Waals surface area contributed by atoms with Crippen molar-refractivity contribution in [3.8, 4) is 0 Å². The zero-order chi connectivity index (χ0) is 26.4.